The molecule has 5 rings (SSSR count). The third-order valence-electron chi connectivity index (χ3n) is 8.71. The van der Waals surface area contributed by atoms with Crippen LogP contribution in [0.1, 0.15) is 111 Å². The fraction of sp³-hybridized carbons (Fsp3) is 0.381. The molecule has 4 aromatic carbocycles. The smallest absolute Gasteiger partial charge is 0.229 e. The van der Waals surface area contributed by atoms with Crippen LogP contribution in [0, 0.1) is 0 Å². The second-order valence-corrected chi connectivity index (χ2v) is 16.7. The second-order valence-electron chi connectivity index (χ2n) is 16.7. The van der Waals surface area contributed by atoms with Crippen molar-refractivity contribution in [3.63, 3.8) is 0 Å². The average Bonchev–Trinajstić information content (AvgIpc) is 3.38. The summed E-state index contributed by atoms with van der Waals surface area (Å²) in [5.41, 5.74) is 10.2. The Kier molecular flexibility index (Phi) is 8.34. The van der Waals surface area contributed by atoms with Crippen LogP contribution < -0.4 is 0 Å². The quantitative estimate of drug-likeness (QED) is 0.205. The van der Waals surface area contributed by atoms with Crippen LogP contribution >= 0.6 is 0 Å². The van der Waals surface area contributed by atoms with Gasteiger partial charge in [-0.3, -0.25) is 4.99 Å². The zero-order chi connectivity index (χ0) is 33.8. The van der Waals surface area contributed by atoms with Crippen LogP contribution in [0.15, 0.2) is 82.2 Å². The van der Waals surface area contributed by atoms with E-state index >= 15 is 0 Å². The molecule has 0 saturated carbocycles. The topological polar surface area (TPSA) is 58.6 Å². The summed E-state index contributed by atoms with van der Waals surface area (Å²) >= 11 is 0. The van der Waals surface area contributed by atoms with Crippen molar-refractivity contribution in [2.24, 2.45) is 4.99 Å². The van der Waals surface area contributed by atoms with Gasteiger partial charge in [0.05, 0.1) is 11.3 Å². The second kappa shape index (κ2) is 11.6. The van der Waals surface area contributed by atoms with Gasteiger partial charge in [0.25, 0.3) is 0 Å². The maximum atomic E-state index is 11.3. The van der Waals surface area contributed by atoms with Gasteiger partial charge in [0.15, 0.2) is 5.58 Å². The Morgan fingerprint density at radius 3 is 1.80 bits per heavy atom. The van der Waals surface area contributed by atoms with Crippen molar-refractivity contribution in [3.8, 4) is 28.3 Å². The normalized spacial score (nSPS) is 13.2. The van der Waals surface area contributed by atoms with Crippen LogP contribution in [-0.2, 0) is 21.7 Å². The van der Waals surface area contributed by atoms with Gasteiger partial charge in [0.2, 0.25) is 5.89 Å². The van der Waals surface area contributed by atoms with Crippen molar-refractivity contribution in [1.82, 2.24) is 4.98 Å². The van der Waals surface area contributed by atoms with Gasteiger partial charge >= 0.3 is 0 Å². The first-order valence-corrected chi connectivity index (χ1v) is 16.3. The molecule has 0 unspecified atom stereocenters. The molecule has 0 aliphatic rings. The fourth-order valence-corrected chi connectivity index (χ4v) is 5.61. The third-order valence-corrected chi connectivity index (χ3v) is 8.71. The molecule has 0 amide bonds. The van der Waals surface area contributed by atoms with Crippen molar-refractivity contribution in [1.29, 1.82) is 0 Å². The van der Waals surface area contributed by atoms with Gasteiger partial charge in [0.1, 0.15) is 11.3 Å². The summed E-state index contributed by atoms with van der Waals surface area (Å²) in [7, 11) is 0. The van der Waals surface area contributed by atoms with Crippen LogP contribution in [0.25, 0.3) is 33.7 Å². The lowest BCUT2D eigenvalue weighted by Crippen LogP contribution is -2.17. The highest BCUT2D eigenvalue weighted by molar-refractivity contribution is 5.94. The Hall–Kier alpha value is -4.18. The van der Waals surface area contributed by atoms with Crippen molar-refractivity contribution in [3.05, 3.63) is 101 Å². The molecular formula is C42H50N2O2. The maximum absolute atomic E-state index is 11.3. The zero-order valence-electron chi connectivity index (χ0n) is 29.8. The fourth-order valence-electron chi connectivity index (χ4n) is 5.61. The van der Waals surface area contributed by atoms with Gasteiger partial charge in [-0.1, -0.05) is 126 Å². The maximum Gasteiger partial charge on any atom is 0.229 e. The number of aromatic hydroxyl groups is 1. The molecule has 240 valence electrons. The lowest BCUT2D eigenvalue weighted by molar-refractivity contribution is 0.444. The SMILES string of the molecule is CC(C)(C)c1ccc(-c2cc(C(C)(C)C)cc3oc(-c4ccccc4N=Cc4cc(C(C)(C)C)cc(C(C)(C)C)c4O)nc23)cc1. The van der Waals surface area contributed by atoms with E-state index in [1.807, 2.05) is 30.3 Å². The minimum atomic E-state index is -0.222. The largest absolute Gasteiger partial charge is 0.507 e. The van der Waals surface area contributed by atoms with Crippen molar-refractivity contribution in [2.45, 2.75) is 105 Å². The van der Waals surface area contributed by atoms with E-state index in [0.29, 0.717) is 11.5 Å². The molecule has 0 aliphatic heterocycles. The first-order chi connectivity index (χ1) is 21.2. The van der Waals surface area contributed by atoms with E-state index in [0.717, 1.165) is 44.6 Å². The number of hydrogen-bond acceptors (Lipinski definition) is 4. The lowest BCUT2D eigenvalue weighted by Gasteiger charge is -2.27. The van der Waals surface area contributed by atoms with E-state index in [-0.39, 0.29) is 27.4 Å². The number of nitrogens with zero attached hydrogens (tertiary/aromatic N) is 2. The Morgan fingerprint density at radius 2 is 1.22 bits per heavy atom. The standard InChI is InChI=1S/C42H50N2O2/c1-39(2,3)28-19-17-26(18-20-28)32-22-30(41(7,8)9)24-35-36(32)44-38(46-35)31-15-13-14-16-34(31)43-25-27-21-29(40(4,5)6)23-33(37(27)45)42(10,11)12/h13-25,45H,1-12H3. The minimum absolute atomic E-state index is 0.0705. The number of para-hydroxylation sites is 1. The molecule has 0 fully saturated rings. The van der Waals surface area contributed by atoms with Gasteiger partial charge in [-0.2, -0.15) is 0 Å². The van der Waals surface area contributed by atoms with Gasteiger partial charge in [-0.15, -0.1) is 0 Å². The van der Waals surface area contributed by atoms with Crippen molar-refractivity contribution >= 4 is 23.0 Å². The molecule has 4 nitrogen and oxygen atoms in total. The molecule has 1 aromatic heterocycles. The number of hydrogen-bond donors (Lipinski definition) is 1. The van der Waals surface area contributed by atoms with Gasteiger partial charge in [-0.25, -0.2) is 4.98 Å². The van der Waals surface area contributed by atoms with Crippen LogP contribution in [0.2, 0.25) is 0 Å². The molecule has 0 saturated heterocycles. The van der Waals surface area contributed by atoms with Crippen LogP contribution in [0.5, 0.6) is 5.75 Å². The zero-order valence-corrected chi connectivity index (χ0v) is 29.8. The van der Waals surface area contributed by atoms with Crippen LogP contribution in [0.3, 0.4) is 0 Å². The number of rotatable bonds is 4. The van der Waals surface area contributed by atoms with E-state index in [1.54, 1.807) is 6.21 Å². The third kappa shape index (κ3) is 6.82. The summed E-state index contributed by atoms with van der Waals surface area (Å²) in [6.45, 7) is 26.3. The van der Waals surface area contributed by atoms with E-state index in [2.05, 4.69) is 126 Å². The number of aromatic nitrogens is 1. The number of phenols is 1. The number of aliphatic imine (C=N–C) groups is 1. The summed E-state index contributed by atoms with van der Waals surface area (Å²) < 4.78 is 6.54. The van der Waals surface area contributed by atoms with Crippen molar-refractivity contribution < 1.29 is 9.52 Å². The number of phenolic OH excluding ortho intramolecular Hbond substituents is 1. The summed E-state index contributed by atoms with van der Waals surface area (Å²) in [6.07, 6.45) is 1.77. The van der Waals surface area contributed by atoms with E-state index in [9.17, 15) is 5.11 Å². The molecule has 0 bridgehead atoms. The Morgan fingerprint density at radius 1 is 0.630 bits per heavy atom. The van der Waals surface area contributed by atoms with Gasteiger partial charge < -0.3 is 9.52 Å². The molecule has 1 heterocycles. The summed E-state index contributed by atoms with van der Waals surface area (Å²) in [5.74, 6) is 0.782. The molecule has 0 spiro atoms. The van der Waals surface area contributed by atoms with E-state index < -0.39 is 0 Å². The Balaban J connectivity index is 1.64. The highest BCUT2D eigenvalue weighted by Crippen LogP contribution is 2.40. The monoisotopic (exact) mass is 614 g/mol. The molecule has 4 heteroatoms. The lowest BCUT2D eigenvalue weighted by atomic mass is 9.79. The molecule has 46 heavy (non-hydrogen) atoms. The molecule has 1 N–H and O–H groups in total. The van der Waals surface area contributed by atoms with E-state index in [1.165, 1.54) is 11.1 Å². The first-order valence-electron chi connectivity index (χ1n) is 16.3. The predicted octanol–water partition coefficient (Wildman–Crippen LogP) is 11.8. The molecule has 0 radical (unpaired) electrons. The van der Waals surface area contributed by atoms with Crippen LogP contribution in [0.4, 0.5) is 5.69 Å². The molecular weight excluding hydrogens is 564 g/mol. The number of benzene rings is 4. The summed E-state index contributed by atoms with van der Waals surface area (Å²) in [6, 6.07) is 25.2. The highest BCUT2D eigenvalue weighted by Gasteiger charge is 2.25. The Bertz CT molecular complexity index is 1910. The average molecular weight is 615 g/mol. The summed E-state index contributed by atoms with van der Waals surface area (Å²) in [5, 5.41) is 11.3. The van der Waals surface area contributed by atoms with Gasteiger partial charge in [0, 0.05) is 22.9 Å². The molecule has 0 atom stereocenters. The van der Waals surface area contributed by atoms with E-state index in [4.69, 9.17) is 14.4 Å². The predicted molar refractivity (Wildman–Crippen MR) is 195 cm³/mol. The molecule has 5 aromatic rings. The number of fused-ring (bicyclic) bond motifs is 1. The van der Waals surface area contributed by atoms with Crippen molar-refractivity contribution in [2.75, 3.05) is 0 Å². The minimum Gasteiger partial charge on any atom is -0.507 e. The Labute approximate surface area is 275 Å². The first kappa shape index (κ1) is 33.2. The number of oxazole rings is 1. The highest BCUT2D eigenvalue weighted by atomic mass is 16.3. The summed E-state index contributed by atoms with van der Waals surface area (Å²) in [4.78, 5) is 10.0. The molecule has 0 aliphatic carbocycles. The van der Waals surface area contributed by atoms with Gasteiger partial charge in [-0.05, 0) is 74.2 Å². The van der Waals surface area contributed by atoms with Crippen LogP contribution in [-0.4, -0.2) is 16.3 Å².